The van der Waals surface area contributed by atoms with E-state index in [2.05, 4.69) is 15.2 Å². The Kier molecular flexibility index (Phi) is 3.17. The molecule has 1 saturated heterocycles. The molecule has 0 aliphatic carbocycles. The lowest BCUT2D eigenvalue weighted by Crippen LogP contribution is -2.29. The number of nitrogens with one attached hydrogen (secondary N) is 1. The van der Waals surface area contributed by atoms with Crippen molar-refractivity contribution in [3.05, 3.63) is 18.3 Å². The molecule has 0 bridgehead atoms. The number of rotatable bonds is 3. The van der Waals surface area contributed by atoms with Crippen LogP contribution in [0.2, 0.25) is 0 Å². The van der Waals surface area contributed by atoms with Gasteiger partial charge in [0.25, 0.3) is 0 Å². The number of pyridine rings is 1. The van der Waals surface area contributed by atoms with Crippen LogP contribution >= 0.6 is 0 Å². The van der Waals surface area contributed by atoms with Crippen molar-refractivity contribution in [1.29, 1.82) is 0 Å². The monoisotopic (exact) mass is 205 g/mol. The first-order chi connectivity index (χ1) is 7.40. The predicted molar refractivity (Wildman–Crippen MR) is 60.0 cm³/mol. The van der Waals surface area contributed by atoms with E-state index in [-0.39, 0.29) is 0 Å². The average molecular weight is 205 g/mol. The minimum atomic E-state index is 0.619. The number of carbonyl (C=O) groups is 1. The molecule has 1 fully saturated rings. The SMILES string of the molecule is O=CNc1cc(N2CCCCC2)ccn1. The van der Waals surface area contributed by atoms with Crippen molar-refractivity contribution in [2.45, 2.75) is 19.3 Å². The zero-order valence-corrected chi connectivity index (χ0v) is 8.65. The van der Waals surface area contributed by atoms with E-state index >= 15 is 0 Å². The maximum Gasteiger partial charge on any atom is 0.212 e. The van der Waals surface area contributed by atoms with Crippen LogP contribution in [0.5, 0.6) is 0 Å². The molecular formula is C11H15N3O. The third-order valence-corrected chi connectivity index (χ3v) is 2.67. The standard InChI is InChI=1S/C11H15N3O/c15-9-13-11-8-10(4-5-12-11)14-6-2-1-3-7-14/h4-5,8-9H,1-3,6-7H2,(H,12,13,15). The fourth-order valence-electron chi connectivity index (χ4n) is 1.91. The molecule has 15 heavy (non-hydrogen) atoms. The number of anilines is 2. The van der Waals surface area contributed by atoms with E-state index in [1.807, 2.05) is 12.1 Å². The van der Waals surface area contributed by atoms with Crippen LogP contribution in [0.3, 0.4) is 0 Å². The van der Waals surface area contributed by atoms with Crippen LogP contribution in [-0.4, -0.2) is 24.5 Å². The topological polar surface area (TPSA) is 45.2 Å². The van der Waals surface area contributed by atoms with Gasteiger partial charge in [0.1, 0.15) is 5.82 Å². The van der Waals surface area contributed by atoms with Crippen LogP contribution < -0.4 is 10.2 Å². The van der Waals surface area contributed by atoms with Crippen LogP contribution in [0.4, 0.5) is 11.5 Å². The summed E-state index contributed by atoms with van der Waals surface area (Å²) in [6, 6.07) is 3.90. The Morgan fingerprint density at radius 2 is 2.13 bits per heavy atom. The third kappa shape index (κ3) is 2.46. The molecule has 2 heterocycles. The van der Waals surface area contributed by atoms with Gasteiger partial charge < -0.3 is 10.2 Å². The Bertz CT molecular complexity index is 334. The summed E-state index contributed by atoms with van der Waals surface area (Å²) < 4.78 is 0. The highest BCUT2D eigenvalue weighted by atomic mass is 16.1. The molecule has 0 radical (unpaired) electrons. The fourth-order valence-corrected chi connectivity index (χ4v) is 1.91. The Balaban J connectivity index is 2.12. The Labute approximate surface area is 89.3 Å². The lowest BCUT2D eigenvalue weighted by Gasteiger charge is -2.28. The van der Waals surface area contributed by atoms with Crippen LogP contribution in [0, 0.1) is 0 Å². The summed E-state index contributed by atoms with van der Waals surface area (Å²) in [4.78, 5) is 16.7. The van der Waals surface area contributed by atoms with Gasteiger partial charge in [-0.15, -0.1) is 0 Å². The van der Waals surface area contributed by atoms with Gasteiger partial charge in [-0.2, -0.15) is 0 Å². The summed E-state index contributed by atoms with van der Waals surface area (Å²) >= 11 is 0. The lowest BCUT2D eigenvalue weighted by atomic mass is 10.1. The van der Waals surface area contributed by atoms with Crippen molar-refractivity contribution in [2.75, 3.05) is 23.3 Å². The molecule has 0 saturated carbocycles. The number of hydrogen-bond acceptors (Lipinski definition) is 3. The van der Waals surface area contributed by atoms with Gasteiger partial charge in [0, 0.05) is 31.0 Å². The van der Waals surface area contributed by atoms with Crippen molar-refractivity contribution < 1.29 is 4.79 Å². The van der Waals surface area contributed by atoms with Gasteiger partial charge in [0.2, 0.25) is 6.41 Å². The van der Waals surface area contributed by atoms with Crippen LogP contribution in [-0.2, 0) is 4.79 Å². The second kappa shape index (κ2) is 4.77. The average Bonchev–Trinajstić information content (AvgIpc) is 2.31. The first-order valence-corrected chi connectivity index (χ1v) is 5.31. The van der Waals surface area contributed by atoms with Crippen molar-refractivity contribution >= 4 is 17.9 Å². The maximum absolute atomic E-state index is 10.3. The molecule has 1 aliphatic heterocycles. The first-order valence-electron chi connectivity index (χ1n) is 5.31. The van der Waals surface area contributed by atoms with E-state index in [9.17, 15) is 4.79 Å². The smallest absolute Gasteiger partial charge is 0.212 e. The summed E-state index contributed by atoms with van der Waals surface area (Å²) in [7, 11) is 0. The molecule has 1 N–H and O–H groups in total. The van der Waals surface area contributed by atoms with Gasteiger partial charge in [-0.3, -0.25) is 4.79 Å². The second-order valence-corrected chi connectivity index (χ2v) is 3.71. The van der Waals surface area contributed by atoms with Crippen molar-refractivity contribution in [3.63, 3.8) is 0 Å². The molecular weight excluding hydrogens is 190 g/mol. The summed E-state index contributed by atoms with van der Waals surface area (Å²) in [5.74, 6) is 0.619. The zero-order valence-electron chi connectivity index (χ0n) is 8.65. The Morgan fingerprint density at radius 1 is 1.33 bits per heavy atom. The number of carbonyl (C=O) groups excluding carboxylic acids is 1. The van der Waals surface area contributed by atoms with Gasteiger partial charge in [-0.25, -0.2) is 4.98 Å². The van der Waals surface area contributed by atoms with Crippen molar-refractivity contribution in [1.82, 2.24) is 4.98 Å². The largest absolute Gasteiger partial charge is 0.371 e. The lowest BCUT2D eigenvalue weighted by molar-refractivity contribution is -0.105. The highest BCUT2D eigenvalue weighted by molar-refractivity contribution is 5.70. The first kappa shape index (κ1) is 9.96. The van der Waals surface area contributed by atoms with E-state index in [0.717, 1.165) is 18.8 Å². The van der Waals surface area contributed by atoms with Crippen LogP contribution in [0.25, 0.3) is 0 Å². The van der Waals surface area contributed by atoms with Crippen molar-refractivity contribution in [3.8, 4) is 0 Å². The van der Waals surface area contributed by atoms with Gasteiger partial charge in [-0.1, -0.05) is 0 Å². The summed E-state index contributed by atoms with van der Waals surface area (Å²) in [5.41, 5.74) is 1.15. The van der Waals surface area contributed by atoms with E-state index in [0.29, 0.717) is 12.2 Å². The molecule has 1 aromatic heterocycles. The van der Waals surface area contributed by atoms with Gasteiger partial charge >= 0.3 is 0 Å². The molecule has 1 aromatic rings. The molecule has 0 aromatic carbocycles. The molecule has 0 spiro atoms. The minimum absolute atomic E-state index is 0.619. The molecule has 80 valence electrons. The zero-order chi connectivity index (χ0) is 10.5. The number of piperidine rings is 1. The van der Waals surface area contributed by atoms with E-state index in [1.165, 1.54) is 19.3 Å². The quantitative estimate of drug-likeness (QED) is 0.763. The fraction of sp³-hybridized carbons (Fsp3) is 0.455. The minimum Gasteiger partial charge on any atom is -0.371 e. The Morgan fingerprint density at radius 3 is 2.87 bits per heavy atom. The normalized spacial score (nSPS) is 16.1. The molecule has 4 nitrogen and oxygen atoms in total. The van der Waals surface area contributed by atoms with Gasteiger partial charge in [0.15, 0.2) is 0 Å². The third-order valence-electron chi connectivity index (χ3n) is 2.67. The predicted octanol–water partition coefficient (Wildman–Crippen LogP) is 1.64. The van der Waals surface area contributed by atoms with E-state index in [1.54, 1.807) is 6.20 Å². The van der Waals surface area contributed by atoms with Crippen molar-refractivity contribution in [2.24, 2.45) is 0 Å². The summed E-state index contributed by atoms with van der Waals surface area (Å²) in [6.45, 7) is 2.20. The summed E-state index contributed by atoms with van der Waals surface area (Å²) in [6.07, 6.45) is 6.21. The summed E-state index contributed by atoms with van der Waals surface area (Å²) in [5, 5.41) is 2.57. The number of aromatic nitrogens is 1. The molecule has 2 rings (SSSR count). The van der Waals surface area contributed by atoms with Gasteiger partial charge in [-0.05, 0) is 25.3 Å². The number of hydrogen-bond donors (Lipinski definition) is 1. The van der Waals surface area contributed by atoms with E-state index < -0.39 is 0 Å². The number of nitrogens with zero attached hydrogens (tertiary/aromatic N) is 2. The number of amides is 1. The Hall–Kier alpha value is -1.58. The van der Waals surface area contributed by atoms with Crippen LogP contribution in [0.15, 0.2) is 18.3 Å². The molecule has 4 heteroatoms. The van der Waals surface area contributed by atoms with E-state index in [4.69, 9.17) is 0 Å². The molecule has 1 amide bonds. The molecule has 1 aliphatic rings. The second-order valence-electron chi connectivity index (χ2n) is 3.71. The van der Waals surface area contributed by atoms with Gasteiger partial charge in [0.05, 0.1) is 0 Å². The maximum atomic E-state index is 10.3. The van der Waals surface area contributed by atoms with Crippen LogP contribution in [0.1, 0.15) is 19.3 Å². The highest BCUT2D eigenvalue weighted by Crippen LogP contribution is 2.21. The molecule has 0 atom stereocenters. The highest BCUT2D eigenvalue weighted by Gasteiger charge is 2.10. The molecule has 0 unspecified atom stereocenters.